The highest BCUT2D eigenvalue weighted by molar-refractivity contribution is 5.77. The molecule has 1 aromatic heterocycles. The number of hydrogen-bond donors (Lipinski definition) is 1. The van der Waals surface area contributed by atoms with Crippen LogP contribution in [0.3, 0.4) is 0 Å². The lowest BCUT2D eigenvalue weighted by Crippen LogP contribution is -2.14. The van der Waals surface area contributed by atoms with Gasteiger partial charge in [-0.2, -0.15) is 0 Å². The lowest BCUT2D eigenvalue weighted by atomic mass is 9.77. The Morgan fingerprint density at radius 1 is 1.15 bits per heavy atom. The first-order valence-electron chi connectivity index (χ1n) is 11.7. The molecular weight excluding hydrogens is 417 g/mol. The Morgan fingerprint density at radius 3 is 2.82 bits per heavy atom. The second-order valence-corrected chi connectivity index (χ2v) is 9.71. The van der Waals surface area contributed by atoms with E-state index in [4.69, 9.17) is 4.74 Å². The van der Waals surface area contributed by atoms with Gasteiger partial charge in [0.15, 0.2) is 0 Å². The number of carboxylic acids is 1. The van der Waals surface area contributed by atoms with E-state index >= 15 is 0 Å². The van der Waals surface area contributed by atoms with E-state index in [-0.39, 0.29) is 36.1 Å². The smallest absolute Gasteiger partial charge is 0.307 e. The predicted octanol–water partition coefficient (Wildman–Crippen LogP) is 5.55. The Morgan fingerprint density at radius 2 is 2.00 bits per heavy atom. The zero-order valence-electron chi connectivity index (χ0n) is 18.6. The summed E-state index contributed by atoms with van der Waals surface area (Å²) in [7, 11) is 0. The largest absolute Gasteiger partial charge is 0.481 e. The summed E-state index contributed by atoms with van der Waals surface area (Å²) in [5.41, 5.74) is 7.57. The van der Waals surface area contributed by atoms with Gasteiger partial charge in [0, 0.05) is 29.7 Å². The molecule has 168 valence electrons. The molecule has 1 saturated carbocycles. The fourth-order valence-electron chi connectivity index (χ4n) is 6.12. The van der Waals surface area contributed by atoms with Gasteiger partial charge in [-0.3, -0.25) is 4.79 Å². The lowest BCUT2D eigenvalue weighted by molar-refractivity contribution is -0.139. The molecule has 5 heteroatoms. The minimum absolute atomic E-state index is 0.0931. The molecule has 3 aromatic rings. The number of ether oxygens (including phenoxy) is 1. The van der Waals surface area contributed by atoms with Crippen LogP contribution in [0.25, 0.3) is 0 Å². The molecule has 0 bridgehead atoms. The van der Waals surface area contributed by atoms with E-state index in [0.29, 0.717) is 11.4 Å². The van der Waals surface area contributed by atoms with E-state index in [0.717, 1.165) is 42.4 Å². The average molecular weight is 444 g/mol. The molecule has 4 atom stereocenters. The number of benzene rings is 2. The van der Waals surface area contributed by atoms with Crippen molar-refractivity contribution in [2.75, 3.05) is 0 Å². The maximum atomic E-state index is 14.9. The van der Waals surface area contributed by atoms with E-state index in [2.05, 4.69) is 36.2 Å². The van der Waals surface area contributed by atoms with E-state index in [1.807, 2.05) is 12.1 Å². The van der Waals surface area contributed by atoms with Gasteiger partial charge in [-0.25, -0.2) is 9.37 Å². The van der Waals surface area contributed by atoms with Crippen LogP contribution in [0.4, 0.5) is 4.39 Å². The second-order valence-electron chi connectivity index (χ2n) is 9.71. The third-order valence-corrected chi connectivity index (χ3v) is 7.83. The van der Waals surface area contributed by atoms with Crippen molar-refractivity contribution in [1.82, 2.24) is 4.98 Å². The Balaban J connectivity index is 1.23. The van der Waals surface area contributed by atoms with Gasteiger partial charge in [-0.1, -0.05) is 24.3 Å². The van der Waals surface area contributed by atoms with Crippen LogP contribution in [-0.2, 0) is 24.2 Å². The molecule has 3 aliphatic rings. The zero-order chi connectivity index (χ0) is 22.7. The minimum Gasteiger partial charge on any atom is -0.481 e. The Labute approximate surface area is 192 Å². The van der Waals surface area contributed by atoms with E-state index < -0.39 is 5.97 Å². The van der Waals surface area contributed by atoms with Gasteiger partial charge in [-0.15, -0.1) is 0 Å². The maximum Gasteiger partial charge on any atom is 0.307 e. The molecule has 0 aliphatic heterocycles. The maximum absolute atomic E-state index is 14.9. The summed E-state index contributed by atoms with van der Waals surface area (Å²) in [5, 5.41) is 9.29. The lowest BCUT2D eigenvalue weighted by Gasteiger charge is -2.28. The van der Waals surface area contributed by atoms with Crippen LogP contribution >= 0.6 is 0 Å². The monoisotopic (exact) mass is 443 g/mol. The highest BCUT2D eigenvalue weighted by atomic mass is 19.1. The summed E-state index contributed by atoms with van der Waals surface area (Å²) in [6.45, 7) is 2.26. The molecule has 1 N–H and O–H groups in total. The first-order valence-corrected chi connectivity index (χ1v) is 11.7. The summed E-state index contributed by atoms with van der Waals surface area (Å²) in [4.78, 5) is 15.7. The molecule has 1 fully saturated rings. The Hall–Kier alpha value is -3.21. The van der Waals surface area contributed by atoms with Crippen molar-refractivity contribution in [2.45, 2.75) is 51.0 Å². The van der Waals surface area contributed by atoms with Gasteiger partial charge in [0.1, 0.15) is 12.4 Å². The summed E-state index contributed by atoms with van der Waals surface area (Å²) in [6, 6.07) is 14.0. The zero-order valence-corrected chi connectivity index (χ0v) is 18.6. The number of aliphatic carboxylic acids is 1. The van der Waals surface area contributed by atoms with Crippen molar-refractivity contribution in [3.05, 3.63) is 93.4 Å². The number of rotatable bonds is 5. The number of hydrogen-bond acceptors (Lipinski definition) is 3. The van der Waals surface area contributed by atoms with E-state index in [9.17, 15) is 14.3 Å². The molecule has 6 rings (SSSR count). The number of aryl methyl sites for hydroxylation is 2. The molecular formula is C28H26FNO3. The Bertz CT molecular complexity index is 1270. The van der Waals surface area contributed by atoms with Crippen molar-refractivity contribution in [1.29, 1.82) is 0 Å². The van der Waals surface area contributed by atoms with Crippen LogP contribution < -0.4 is 4.74 Å². The summed E-state index contributed by atoms with van der Waals surface area (Å²) < 4.78 is 20.8. The fraction of sp³-hybridized carbons (Fsp3) is 0.357. The second kappa shape index (κ2) is 7.68. The van der Waals surface area contributed by atoms with Crippen molar-refractivity contribution in [3.63, 3.8) is 0 Å². The van der Waals surface area contributed by atoms with Crippen LogP contribution in [0.15, 0.2) is 48.7 Å². The third-order valence-electron chi connectivity index (χ3n) is 7.83. The summed E-state index contributed by atoms with van der Waals surface area (Å²) in [5.74, 6) is -0.192. The topological polar surface area (TPSA) is 59.4 Å². The number of carbonyl (C=O) groups is 1. The number of pyridine rings is 1. The average Bonchev–Trinajstić information content (AvgIpc) is 3.40. The molecule has 4 nitrogen and oxygen atoms in total. The van der Waals surface area contributed by atoms with E-state index in [1.165, 1.54) is 16.7 Å². The fourth-order valence-corrected chi connectivity index (χ4v) is 6.12. The van der Waals surface area contributed by atoms with Crippen LogP contribution in [-0.4, -0.2) is 16.1 Å². The van der Waals surface area contributed by atoms with Gasteiger partial charge in [-0.05, 0) is 84.0 Å². The Kier molecular flexibility index (Phi) is 4.75. The number of halogens is 1. The molecule has 0 amide bonds. The number of aromatic nitrogens is 1. The van der Waals surface area contributed by atoms with Gasteiger partial charge < -0.3 is 9.84 Å². The number of carboxylic acid groups (broad SMARTS) is 1. The molecule has 0 radical (unpaired) electrons. The van der Waals surface area contributed by atoms with Crippen LogP contribution in [0.5, 0.6) is 5.88 Å². The minimum atomic E-state index is -0.720. The predicted molar refractivity (Wildman–Crippen MR) is 122 cm³/mol. The SMILES string of the molecule is Cc1ccccc1C1CCCc2cc(F)c(COc3cc4c(cn3)[C@H]3[C@@H](C4)[C@@H]3C(=O)O)cc21. The molecule has 33 heavy (non-hydrogen) atoms. The molecule has 0 saturated heterocycles. The van der Waals surface area contributed by atoms with Gasteiger partial charge in [0.05, 0.1) is 5.92 Å². The molecule has 1 unspecified atom stereocenters. The highest BCUT2D eigenvalue weighted by Gasteiger charge is 2.59. The summed E-state index contributed by atoms with van der Waals surface area (Å²) >= 11 is 0. The van der Waals surface area contributed by atoms with Gasteiger partial charge in [0.25, 0.3) is 0 Å². The number of nitrogens with zero attached hydrogens (tertiary/aromatic N) is 1. The van der Waals surface area contributed by atoms with Crippen molar-refractivity contribution >= 4 is 5.97 Å². The van der Waals surface area contributed by atoms with Crippen molar-refractivity contribution in [2.24, 2.45) is 11.8 Å². The van der Waals surface area contributed by atoms with Crippen LogP contribution in [0.1, 0.15) is 63.6 Å². The highest BCUT2D eigenvalue weighted by Crippen LogP contribution is 2.61. The van der Waals surface area contributed by atoms with Gasteiger partial charge in [0.2, 0.25) is 5.88 Å². The number of fused-ring (bicyclic) bond motifs is 4. The van der Waals surface area contributed by atoms with Crippen molar-refractivity contribution in [3.8, 4) is 5.88 Å². The normalized spacial score (nSPS) is 24.5. The molecule has 3 aliphatic carbocycles. The quantitative estimate of drug-likeness (QED) is 0.562. The first-order chi connectivity index (χ1) is 16.0. The van der Waals surface area contributed by atoms with Crippen molar-refractivity contribution < 1.29 is 19.0 Å². The molecule has 2 aromatic carbocycles. The summed E-state index contributed by atoms with van der Waals surface area (Å²) in [6.07, 6.45) is 5.53. The first kappa shape index (κ1) is 20.4. The standard InChI is InChI=1S/C28H26FNO3/c1-15-5-2-3-7-19(15)20-8-4-6-16-11-24(29)18(10-21(16)20)14-33-25-12-17-9-22-26(23(17)13-30-25)27(22)28(31)32/h2-3,5,7,10-13,20,22,26-27H,4,6,8-9,14H2,1H3,(H,31,32)/t20?,22-,26-,27+/m1/s1. The van der Waals surface area contributed by atoms with Crippen LogP contribution in [0, 0.1) is 24.6 Å². The third kappa shape index (κ3) is 3.41. The molecule has 0 spiro atoms. The van der Waals surface area contributed by atoms with E-state index in [1.54, 1.807) is 12.3 Å². The molecule has 1 heterocycles. The van der Waals surface area contributed by atoms with Gasteiger partial charge >= 0.3 is 5.97 Å². The van der Waals surface area contributed by atoms with Crippen LogP contribution in [0.2, 0.25) is 0 Å².